The van der Waals surface area contributed by atoms with Crippen LogP contribution in [0.5, 0.6) is 0 Å². The number of hydrogen-bond donors (Lipinski definition) is 12. The van der Waals surface area contributed by atoms with Gasteiger partial charge in [-0.15, -0.1) is 0 Å². The van der Waals surface area contributed by atoms with Gasteiger partial charge in [-0.3, -0.25) is 0 Å². The van der Waals surface area contributed by atoms with Crippen LogP contribution in [0.2, 0.25) is 0 Å². The Morgan fingerprint density at radius 2 is 1.39 bits per heavy atom. The van der Waals surface area contributed by atoms with Crippen molar-refractivity contribution in [1.29, 1.82) is 0 Å². The molecule has 0 radical (unpaired) electrons. The van der Waals surface area contributed by atoms with Gasteiger partial charge < -0.3 is 88.7 Å². The highest BCUT2D eigenvalue weighted by Crippen LogP contribution is 2.38. The summed E-state index contributed by atoms with van der Waals surface area (Å²) >= 11 is 0. The summed E-state index contributed by atoms with van der Waals surface area (Å²) in [5.74, 6) is -0.742. The molecule has 0 bridgehead atoms. The van der Waals surface area contributed by atoms with Crippen molar-refractivity contribution in [2.45, 2.75) is 130 Å². The van der Waals surface area contributed by atoms with E-state index >= 15 is 0 Å². The van der Waals surface area contributed by atoms with Gasteiger partial charge in [0.15, 0.2) is 12.6 Å². The standard InChI is InChI=1S/C24H48N6O11/c1-6(26)19-10(32)3-9(29)20(39-19)13-7(27)2-8(28)15(33)22(13)41-24-18(36)21(12(5-31)38-24)40-23-14(30)17(35)16(34)11(4-25)37-23/h6-24,31-36H,2-5,25-30H2,1H3/t6-,7-,8+,9+,10-,11-,12+,13?,14+,15-,16+,17+,18+,19+,20-,21+,22-,23+,24-/m0/s1. The Morgan fingerprint density at radius 1 is 0.756 bits per heavy atom. The summed E-state index contributed by atoms with van der Waals surface area (Å²) in [6, 6.07) is -3.84. The fourth-order valence-electron chi connectivity index (χ4n) is 6.41. The van der Waals surface area contributed by atoms with Crippen molar-refractivity contribution in [2.75, 3.05) is 13.2 Å². The fourth-order valence-corrected chi connectivity index (χ4v) is 6.41. The van der Waals surface area contributed by atoms with Crippen molar-refractivity contribution in [3.05, 3.63) is 0 Å². The van der Waals surface area contributed by atoms with Crippen molar-refractivity contribution in [1.82, 2.24) is 0 Å². The average Bonchev–Trinajstić information content (AvgIpc) is 3.21. The second-order valence-corrected chi connectivity index (χ2v) is 11.8. The predicted octanol–water partition coefficient (Wildman–Crippen LogP) is -7.20. The van der Waals surface area contributed by atoms with E-state index in [1.807, 2.05) is 0 Å². The molecular weight excluding hydrogens is 548 g/mol. The summed E-state index contributed by atoms with van der Waals surface area (Å²) in [6.07, 6.45) is -14.9. The molecule has 0 aromatic rings. The van der Waals surface area contributed by atoms with Crippen molar-refractivity contribution < 1.29 is 54.3 Å². The van der Waals surface area contributed by atoms with Crippen LogP contribution < -0.4 is 34.4 Å². The first-order valence-electron chi connectivity index (χ1n) is 14.1. The van der Waals surface area contributed by atoms with Crippen molar-refractivity contribution in [2.24, 2.45) is 40.3 Å². The number of hydrogen-bond acceptors (Lipinski definition) is 17. The second-order valence-electron chi connectivity index (χ2n) is 11.8. The molecule has 17 nitrogen and oxygen atoms in total. The highest BCUT2D eigenvalue weighted by molar-refractivity contribution is 5.06. The van der Waals surface area contributed by atoms with Crippen molar-refractivity contribution >= 4 is 0 Å². The lowest BCUT2D eigenvalue weighted by Gasteiger charge is -2.50. The molecule has 18 N–H and O–H groups in total. The van der Waals surface area contributed by atoms with E-state index < -0.39 is 122 Å². The van der Waals surface area contributed by atoms with E-state index in [0.29, 0.717) is 0 Å². The SMILES string of the molecule is C[C@H](N)[C@H]1O[C@H](C2[C@@H](N)C[C@@H](N)[C@H](O)[C@H]2O[C@@H]2O[C@H](CO)[C@@H](O[C@H]3O[C@@H](CN)[C@@H](O)[C@H](O)[C@H]3N)[C@H]2O)[C@H](N)C[C@@H]1O. The number of aliphatic hydroxyl groups excluding tert-OH is 6. The monoisotopic (exact) mass is 596 g/mol. The molecule has 0 aromatic carbocycles. The second kappa shape index (κ2) is 13.5. The molecule has 4 fully saturated rings. The van der Waals surface area contributed by atoms with Gasteiger partial charge in [-0.05, 0) is 19.8 Å². The lowest BCUT2D eigenvalue weighted by Crippen LogP contribution is -2.68. The van der Waals surface area contributed by atoms with Crippen LogP contribution in [0.4, 0.5) is 0 Å². The zero-order valence-electron chi connectivity index (χ0n) is 23.0. The minimum absolute atomic E-state index is 0.142. The third kappa shape index (κ3) is 6.57. The van der Waals surface area contributed by atoms with E-state index in [-0.39, 0.29) is 19.4 Å². The molecule has 41 heavy (non-hydrogen) atoms. The average molecular weight is 597 g/mol. The summed E-state index contributed by atoms with van der Waals surface area (Å²) in [7, 11) is 0. The molecule has 19 atom stereocenters. The largest absolute Gasteiger partial charge is 0.394 e. The van der Waals surface area contributed by atoms with Gasteiger partial charge in [0.25, 0.3) is 0 Å². The molecule has 3 saturated heterocycles. The Hall–Kier alpha value is -0.680. The minimum atomic E-state index is -1.54. The van der Waals surface area contributed by atoms with Crippen LogP contribution >= 0.6 is 0 Å². The molecule has 1 unspecified atom stereocenters. The third-order valence-corrected chi connectivity index (χ3v) is 8.75. The quantitative estimate of drug-likeness (QED) is 0.124. The van der Waals surface area contributed by atoms with Gasteiger partial charge in [0.2, 0.25) is 0 Å². The first-order valence-corrected chi connectivity index (χ1v) is 14.1. The van der Waals surface area contributed by atoms with E-state index in [1.165, 1.54) is 0 Å². The highest BCUT2D eigenvalue weighted by Gasteiger charge is 2.55. The lowest BCUT2D eigenvalue weighted by molar-refractivity contribution is -0.280. The molecular formula is C24H48N6O11. The molecule has 0 aromatic heterocycles. The lowest BCUT2D eigenvalue weighted by atomic mass is 9.72. The molecule has 1 saturated carbocycles. The predicted molar refractivity (Wildman–Crippen MR) is 140 cm³/mol. The van der Waals surface area contributed by atoms with E-state index in [4.69, 9.17) is 58.1 Å². The van der Waals surface area contributed by atoms with Gasteiger partial charge in [-0.2, -0.15) is 0 Å². The number of ether oxygens (including phenoxy) is 5. The van der Waals surface area contributed by atoms with Gasteiger partial charge in [-0.25, -0.2) is 0 Å². The van der Waals surface area contributed by atoms with Gasteiger partial charge in [0.1, 0.15) is 36.6 Å². The molecule has 240 valence electrons. The van der Waals surface area contributed by atoms with E-state index in [2.05, 4.69) is 0 Å². The van der Waals surface area contributed by atoms with Crippen molar-refractivity contribution in [3.63, 3.8) is 0 Å². The Morgan fingerprint density at radius 3 is 2.00 bits per heavy atom. The maximum absolute atomic E-state index is 11.2. The van der Waals surface area contributed by atoms with Crippen LogP contribution in [0.15, 0.2) is 0 Å². The van der Waals surface area contributed by atoms with Gasteiger partial charge >= 0.3 is 0 Å². The summed E-state index contributed by atoms with van der Waals surface area (Å²) in [4.78, 5) is 0. The summed E-state index contributed by atoms with van der Waals surface area (Å²) in [5.41, 5.74) is 36.7. The van der Waals surface area contributed by atoms with Gasteiger partial charge in [0.05, 0.1) is 43.2 Å². The normalized spacial score (nSPS) is 53.8. The van der Waals surface area contributed by atoms with Crippen molar-refractivity contribution in [3.8, 4) is 0 Å². The zero-order chi connectivity index (χ0) is 30.3. The molecule has 4 aliphatic rings. The van der Waals surface area contributed by atoms with E-state index in [0.717, 1.165) is 0 Å². The van der Waals surface area contributed by atoms with E-state index in [1.54, 1.807) is 6.92 Å². The van der Waals surface area contributed by atoms with Crippen LogP contribution in [-0.4, -0.2) is 154 Å². The minimum Gasteiger partial charge on any atom is -0.394 e. The molecule has 3 aliphatic heterocycles. The Kier molecular flexibility index (Phi) is 11.0. The number of nitrogens with two attached hydrogens (primary N) is 6. The summed E-state index contributed by atoms with van der Waals surface area (Å²) in [6.45, 7) is 0.948. The molecule has 0 spiro atoms. The molecule has 4 rings (SSSR count). The Labute approximate surface area is 237 Å². The van der Waals surface area contributed by atoms with Crippen LogP contribution in [0, 0.1) is 5.92 Å². The number of rotatable bonds is 8. The molecule has 1 aliphatic carbocycles. The Bertz CT molecular complexity index is 850. The maximum atomic E-state index is 11.2. The Balaban J connectivity index is 1.53. The first kappa shape index (κ1) is 33.2. The molecule has 3 heterocycles. The van der Waals surface area contributed by atoms with Crippen LogP contribution in [0.3, 0.4) is 0 Å². The molecule has 0 amide bonds. The first-order chi connectivity index (χ1) is 19.3. The number of aliphatic hydroxyl groups is 6. The van der Waals surface area contributed by atoms with Crippen LogP contribution in [-0.2, 0) is 23.7 Å². The topological polar surface area (TPSA) is 324 Å². The smallest absolute Gasteiger partial charge is 0.187 e. The van der Waals surface area contributed by atoms with Gasteiger partial charge in [-0.1, -0.05) is 0 Å². The summed E-state index contributed by atoms with van der Waals surface area (Å²) in [5, 5.41) is 63.2. The maximum Gasteiger partial charge on any atom is 0.187 e. The van der Waals surface area contributed by atoms with Gasteiger partial charge in [0, 0.05) is 36.6 Å². The highest BCUT2D eigenvalue weighted by atomic mass is 16.7. The van der Waals surface area contributed by atoms with E-state index in [9.17, 15) is 30.6 Å². The zero-order valence-corrected chi connectivity index (χ0v) is 23.0. The van der Waals surface area contributed by atoms with Crippen LogP contribution in [0.25, 0.3) is 0 Å². The fraction of sp³-hybridized carbons (Fsp3) is 1.00. The summed E-state index contributed by atoms with van der Waals surface area (Å²) < 4.78 is 29.5. The molecule has 17 heteroatoms. The third-order valence-electron chi connectivity index (χ3n) is 8.75. The van der Waals surface area contributed by atoms with Crippen LogP contribution in [0.1, 0.15) is 19.8 Å².